The highest BCUT2D eigenvalue weighted by molar-refractivity contribution is 6.32. The van der Waals surface area contributed by atoms with Crippen LogP contribution in [0.2, 0.25) is 5.02 Å². The second kappa shape index (κ2) is 9.13. The fourth-order valence-corrected chi connectivity index (χ4v) is 2.53. The van der Waals surface area contributed by atoms with Gasteiger partial charge in [-0.3, -0.25) is 9.59 Å². The molecule has 10 heteroatoms. The minimum atomic E-state index is -1.12. The van der Waals surface area contributed by atoms with Crippen molar-refractivity contribution in [2.45, 2.75) is 26.3 Å². The fraction of sp³-hybridized carbons (Fsp3) is 0.353. The van der Waals surface area contributed by atoms with Crippen molar-refractivity contribution in [3.8, 4) is 5.69 Å². The molecule has 2 rings (SSSR count). The SMILES string of the molecule is CC(C)C[C@H](NC(=O)CNC(=O)c1cn(-c2ccccc2Cl)nn1)C(=O)O. The van der Waals surface area contributed by atoms with E-state index in [2.05, 4.69) is 20.9 Å². The summed E-state index contributed by atoms with van der Waals surface area (Å²) in [6, 6.07) is 5.92. The summed E-state index contributed by atoms with van der Waals surface area (Å²) >= 11 is 6.07. The Bertz CT molecular complexity index is 836. The van der Waals surface area contributed by atoms with E-state index in [1.54, 1.807) is 24.3 Å². The van der Waals surface area contributed by atoms with Gasteiger partial charge in [0.25, 0.3) is 5.91 Å². The van der Waals surface area contributed by atoms with Crippen molar-refractivity contribution in [2.24, 2.45) is 5.92 Å². The molecule has 2 aromatic rings. The Morgan fingerprint density at radius 2 is 1.96 bits per heavy atom. The lowest BCUT2D eigenvalue weighted by Gasteiger charge is -2.16. The third-order valence-electron chi connectivity index (χ3n) is 3.58. The summed E-state index contributed by atoms with van der Waals surface area (Å²) in [5.74, 6) is -2.24. The molecule has 3 N–H and O–H groups in total. The lowest BCUT2D eigenvalue weighted by molar-refractivity contribution is -0.142. The number of nitrogens with zero attached hydrogens (tertiary/aromatic N) is 3. The van der Waals surface area contributed by atoms with E-state index < -0.39 is 23.8 Å². The highest BCUT2D eigenvalue weighted by Crippen LogP contribution is 2.18. The number of aromatic nitrogens is 3. The molecule has 2 amide bonds. The van der Waals surface area contributed by atoms with E-state index in [-0.39, 0.29) is 18.2 Å². The number of benzene rings is 1. The maximum atomic E-state index is 12.1. The van der Waals surface area contributed by atoms with Crippen LogP contribution in [0.15, 0.2) is 30.5 Å². The first-order valence-electron chi connectivity index (χ1n) is 8.25. The molecule has 9 nitrogen and oxygen atoms in total. The molecule has 0 fully saturated rings. The molecule has 0 bridgehead atoms. The molecule has 0 unspecified atom stereocenters. The molecule has 0 aliphatic heterocycles. The number of hydrogen-bond acceptors (Lipinski definition) is 5. The molecule has 1 aromatic heterocycles. The number of hydrogen-bond donors (Lipinski definition) is 3. The number of carbonyl (C=O) groups excluding carboxylic acids is 2. The normalized spacial score (nSPS) is 11.9. The molecule has 0 spiro atoms. The summed E-state index contributed by atoms with van der Waals surface area (Å²) < 4.78 is 1.35. The number of aliphatic carboxylic acids is 1. The number of carboxylic acids is 1. The van der Waals surface area contributed by atoms with Crippen LogP contribution in [0, 0.1) is 5.92 Å². The number of carbonyl (C=O) groups is 3. The Kier molecular flexibility index (Phi) is 6.89. The number of halogens is 1. The van der Waals surface area contributed by atoms with E-state index in [1.807, 2.05) is 13.8 Å². The predicted octanol–water partition coefficient (Wildman–Crippen LogP) is 1.27. The molecule has 0 aliphatic rings. The zero-order valence-electron chi connectivity index (χ0n) is 14.8. The topological polar surface area (TPSA) is 126 Å². The summed E-state index contributed by atoms with van der Waals surface area (Å²) in [7, 11) is 0. The van der Waals surface area contributed by atoms with Crippen LogP contribution in [0.4, 0.5) is 0 Å². The smallest absolute Gasteiger partial charge is 0.326 e. The monoisotopic (exact) mass is 393 g/mol. The Balaban J connectivity index is 1.93. The average Bonchev–Trinajstić information content (AvgIpc) is 3.09. The van der Waals surface area contributed by atoms with Gasteiger partial charge in [-0.2, -0.15) is 0 Å². The molecular weight excluding hydrogens is 374 g/mol. The van der Waals surface area contributed by atoms with Gasteiger partial charge in [-0.15, -0.1) is 5.10 Å². The Morgan fingerprint density at radius 1 is 1.26 bits per heavy atom. The van der Waals surface area contributed by atoms with Crippen molar-refractivity contribution in [1.82, 2.24) is 25.6 Å². The van der Waals surface area contributed by atoms with Crippen molar-refractivity contribution in [3.05, 3.63) is 41.2 Å². The highest BCUT2D eigenvalue weighted by Gasteiger charge is 2.21. The second-order valence-electron chi connectivity index (χ2n) is 6.27. The predicted molar refractivity (Wildman–Crippen MR) is 97.7 cm³/mol. The maximum Gasteiger partial charge on any atom is 0.326 e. The molecule has 0 saturated heterocycles. The Hall–Kier alpha value is -2.94. The summed E-state index contributed by atoms with van der Waals surface area (Å²) in [4.78, 5) is 35.2. The minimum absolute atomic E-state index is 0.000292. The maximum absolute atomic E-state index is 12.1. The van der Waals surface area contributed by atoms with Crippen LogP contribution in [0.1, 0.15) is 30.8 Å². The van der Waals surface area contributed by atoms with Gasteiger partial charge in [0, 0.05) is 0 Å². The number of amides is 2. The van der Waals surface area contributed by atoms with Crippen LogP contribution in [0.25, 0.3) is 5.69 Å². The van der Waals surface area contributed by atoms with Gasteiger partial charge in [-0.05, 0) is 24.5 Å². The van der Waals surface area contributed by atoms with E-state index in [9.17, 15) is 14.4 Å². The van der Waals surface area contributed by atoms with Gasteiger partial charge < -0.3 is 15.7 Å². The zero-order valence-corrected chi connectivity index (χ0v) is 15.6. The number of nitrogens with one attached hydrogen (secondary N) is 2. The van der Waals surface area contributed by atoms with Gasteiger partial charge in [-0.25, -0.2) is 9.48 Å². The van der Waals surface area contributed by atoms with Crippen LogP contribution in [-0.4, -0.2) is 50.5 Å². The van der Waals surface area contributed by atoms with Crippen LogP contribution >= 0.6 is 11.6 Å². The Labute approximate surface area is 160 Å². The molecule has 27 heavy (non-hydrogen) atoms. The minimum Gasteiger partial charge on any atom is -0.480 e. The van der Waals surface area contributed by atoms with Gasteiger partial charge in [0.05, 0.1) is 23.5 Å². The van der Waals surface area contributed by atoms with Gasteiger partial charge in [0.1, 0.15) is 6.04 Å². The molecule has 1 atom stereocenters. The Morgan fingerprint density at radius 3 is 2.59 bits per heavy atom. The largest absolute Gasteiger partial charge is 0.480 e. The van der Waals surface area contributed by atoms with Crippen molar-refractivity contribution in [1.29, 1.82) is 0 Å². The zero-order chi connectivity index (χ0) is 20.0. The standard InChI is InChI=1S/C17H20ClN5O4/c1-10(2)7-12(17(26)27)20-15(24)8-19-16(25)13-9-23(22-21-13)14-6-4-3-5-11(14)18/h3-6,9-10,12H,7-8H2,1-2H3,(H,19,25)(H,20,24)(H,26,27)/t12-/m0/s1. The van der Waals surface area contributed by atoms with E-state index >= 15 is 0 Å². The summed E-state index contributed by atoms with van der Waals surface area (Å²) in [5, 5.41) is 21.9. The number of para-hydroxylation sites is 1. The number of carboxylic acid groups (broad SMARTS) is 1. The van der Waals surface area contributed by atoms with E-state index in [4.69, 9.17) is 16.7 Å². The average molecular weight is 394 g/mol. The second-order valence-corrected chi connectivity index (χ2v) is 6.68. The van der Waals surface area contributed by atoms with Gasteiger partial charge in [0.15, 0.2) is 5.69 Å². The molecule has 0 saturated carbocycles. The molecule has 1 heterocycles. The van der Waals surface area contributed by atoms with Gasteiger partial charge >= 0.3 is 5.97 Å². The first kappa shape index (κ1) is 20.4. The van der Waals surface area contributed by atoms with Crippen molar-refractivity contribution < 1.29 is 19.5 Å². The third-order valence-corrected chi connectivity index (χ3v) is 3.89. The molecule has 0 aliphatic carbocycles. The van der Waals surface area contributed by atoms with Crippen LogP contribution in [0.3, 0.4) is 0 Å². The van der Waals surface area contributed by atoms with Crippen molar-refractivity contribution >= 4 is 29.4 Å². The van der Waals surface area contributed by atoms with E-state index in [1.165, 1.54) is 10.9 Å². The highest BCUT2D eigenvalue weighted by atomic mass is 35.5. The van der Waals surface area contributed by atoms with Gasteiger partial charge in [-0.1, -0.05) is 42.8 Å². The molecule has 144 valence electrons. The summed E-state index contributed by atoms with van der Waals surface area (Å²) in [6.45, 7) is 3.33. The third kappa shape index (κ3) is 5.78. The quantitative estimate of drug-likeness (QED) is 0.619. The fourth-order valence-electron chi connectivity index (χ4n) is 2.31. The molecule has 0 radical (unpaired) electrons. The first-order valence-corrected chi connectivity index (χ1v) is 8.63. The van der Waals surface area contributed by atoms with Crippen LogP contribution < -0.4 is 10.6 Å². The summed E-state index contributed by atoms with van der Waals surface area (Å²) in [5.41, 5.74) is 0.557. The van der Waals surface area contributed by atoms with Crippen LogP contribution in [-0.2, 0) is 9.59 Å². The van der Waals surface area contributed by atoms with Crippen molar-refractivity contribution in [3.63, 3.8) is 0 Å². The van der Waals surface area contributed by atoms with Crippen LogP contribution in [0.5, 0.6) is 0 Å². The molecular formula is C17H20ClN5O4. The molecule has 1 aromatic carbocycles. The van der Waals surface area contributed by atoms with E-state index in [0.717, 1.165) is 0 Å². The lowest BCUT2D eigenvalue weighted by atomic mass is 10.0. The van der Waals surface area contributed by atoms with Gasteiger partial charge in [0.2, 0.25) is 5.91 Å². The first-order chi connectivity index (χ1) is 12.8. The van der Waals surface area contributed by atoms with E-state index in [0.29, 0.717) is 17.1 Å². The lowest BCUT2D eigenvalue weighted by Crippen LogP contribution is -2.46. The summed E-state index contributed by atoms with van der Waals surface area (Å²) in [6.07, 6.45) is 1.68. The number of rotatable bonds is 8. The van der Waals surface area contributed by atoms with Crippen molar-refractivity contribution in [2.75, 3.05) is 6.54 Å².